The molecule has 8 heteroatoms. The van der Waals surface area contributed by atoms with Crippen molar-refractivity contribution in [3.63, 3.8) is 0 Å². The van der Waals surface area contributed by atoms with Crippen molar-refractivity contribution < 1.29 is 4.79 Å². The van der Waals surface area contributed by atoms with E-state index in [0.29, 0.717) is 18.3 Å². The molecule has 0 aliphatic carbocycles. The van der Waals surface area contributed by atoms with Gasteiger partial charge in [-0.25, -0.2) is 15.0 Å². The largest absolute Gasteiger partial charge is 0.370 e. The maximum atomic E-state index is 11.6. The van der Waals surface area contributed by atoms with Gasteiger partial charge in [-0.05, 0) is 25.8 Å². The van der Waals surface area contributed by atoms with E-state index in [2.05, 4.69) is 30.6 Å². The number of aromatic nitrogens is 4. The van der Waals surface area contributed by atoms with Crippen LogP contribution in [0.2, 0.25) is 0 Å². The van der Waals surface area contributed by atoms with E-state index in [1.165, 1.54) is 0 Å². The zero-order valence-electron chi connectivity index (χ0n) is 13.7. The molecule has 0 spiro atoms. The molecule has 0 radical (unpaired) electrons. The van der Waals surface area contributed by atoms with Crippen molar-refractivity contribution in [2.45, 2.75) is 26.2 Å². The van der Waals surface area contributed by atoms with Crippen molar-refractivity contribution in [1.29, 1.82) is 0 Å². The highest BCUT2D eigenvalue weighted by atomic mass is 16.2. The van der Waals surface area contributed by atoms with Crippen LogP contribution in [0.25, 0.3) is 0 Å². The van der Waals surface area contributed by atoms with Crippen LogP contribution in [0.4, 0.5) is 17.7 Å². The van der Waals surface area contributed by atoms with Gasteiger partial charge in [0.25, 0.3) is 0 Å². The Balaban J connectivity index is 1.53. The lowest BCUT2D eigenvalue weighted by atomic mass is 10.3. The molecule has 0 unspecified atom stereocenters. The van der Waals surface area contributed by atoms with E-state index in [1.54, 1.807) is 24.7 Å². The average Bonchev–Trinajstić information content (AvgIpc) is 3.00. The molecule has 3 rings (SSSR count). The summed E-state index contributed by atoms with van der Waals surface area (Å²) in [5.41, 5.74) is 0.965. The van der Waals surface area contributed by atoms with Crippen LogP contribution in [-0.4, -0.2) is 50.4 Å². The Morgan fingerprint density at radius 3 is 2.79 bits per heavy atom. The van der Waals surface area contributed by atoms with E-state index >= 15 is 0 Å². The predicted octanol–water partition coefficient (Wildman–Crippen LogP) is 1.74. The van der Waals surface area contributed by atoms with E-state index in [-0.39, 0.29) is 5.91 Å². The summed E-state index contributed by atoms with van der Waals surface area (Å²) >= 11 is 0. The van der Waals surface area contributed by atoms with Gasteiger partial charge in [0.2, 0.25) is 17.8 Å². The Hall–Kier alpha value is -2.77. The van der Waals surface area contributed by atoms with Crippen molar-refractivity contribution >= 4 is 23.6 Å². The number of hydrogen-bond acceptors (Lipinski definition) is 7. The van der Waals surface area contributed by atoms with Crippen molar-refractivity contribution in [2.75, 3.05) is 30.3 Å². The van der Waals surface area contributed by atoms with Gasteiger partial charge in [0.15, 0.2) is 0 Å². The minimum Gasteiger partial charge on any atom is -0.370 e. The third-order valence-electron chi connectivity index (χ3n) is 3.83. The molecule has 3 heterocycles. The number of likely N-dealkylation sites (tertiary alicyclic amines) is 1. The normalized spacial score (nSPS) is 14.0. The van der Waals surface area contributed by atoms with Gasteiger partial charge in [-0.15, -0.1) is 0 Å². The highest BCUT2D eigenvalue weighted by molar-refractivity contribution is 5.78. The second-order valence-corrected chi connectivity index (χ2v) is 5.69. The molecule has 2 aromatic rings. The van der Waals surface area contributed by atoms with Crippen LogP contribution in [0.3, 0.4) is 0 Å². The number of hydrogen-bond donors (Lipinski definition) is 2. The van der Waals surface area contributed by atoms with Gasteiger partial charge >= 0.3 is 0 Å². The molecule has 0 aromatic carbocycles. The molecule has 0 saturated carbocycles. The minimum atomic E-state index is 0.266. The van der Waals surface area contributed by atoms with Crippen LogP contribution < -0.4 is 10.6 Å². The Morgan fingerprint density at radius 1 is 1.21 bits per heavy atom. The zero-order chi connectivity index (χ0) is 16.8. The zero-order valence-corrected chi connectivity index (χ0v) is 13.7. The smallest absolute Gasteiger partial charge is 0.231 e. The maximum absolute atomic E-state index is 11.6. The van der Waals surface area contributed by atoms with Gasteiger partial charge in [-0.3, -0.25) is 10.1 Å². The Labute approximate surface area is 140 Å². The Morgan fingerprint density at radius 2 is 2.04 bits per heavy atom. The number of carbonyl (C=O) groups excluding carboxylic acids is 1. The number of aryl methyl sites for hydroxylation is 1. The highest BCUT2D eigenvalue weighted by Gasteiger charge is 2.18. The summed E-state index contributed by atoms with van der Waals surface area (Å²) in [5, 5.41) is 6.28. The molecular weight excluding hydrogens is 306 g/mol. The molecule has 1 aliphatic heterocycles. The number of nitrogens with one attached hydrogen (secondary N) is 2. The van der Waals surface area contributed by atoms with Gasteiger partial charge in [0.1, 0.15) is 5.82 Å². The number of anilines is 3. The summed E-state index contributed by atoms with van der Waals surface area (Å²) in [5.74, 6) is 1.95. The number of nitrogens with zero attached hydrogens (tertiary/aromatic N) is 5. The summed E-state index contributed by atoms with van der Waals surface area (Å²) < 4.78 is 0. The number of amides is 1. The molecule has 0 bridgehead atoms. The fourth-order valence-corrected chi connectivity index (χ4v) is 2.56. The summed E-state index contributed by atoms with van der Waals surface area (Å²) in [7, 11) is 0. The van der Waals surface area contributed by atoms with Crippen LogP contribution in [0.5, 0.6) is 0 Å². The van der Waals surface area contributed by atoms with Crippen molar-refractivity contribution in [3.05, 3.63) is 30.2 Å². The summed E-state index contributed by atoms with van der Waals surface area (Å²) in [6.45, 7) is 4.38. The van der Waals surface area contributed by atoms with Gasteiger partial charge in [0.05, 0.1) is 0 Å². The first-order valence-electron chi connectivity index (χ1n) is 8.12. The molecule has 1 amide bonds. The van der Waals surface area contributed by atoms with Crippen LogP contribution in [0, 0.1) is 6.92 Å². The van der Waals surface area contributed by atoms with Gasteiger partial charge in [-0.1, -0.05) is 0 Å². The first-order valence-corrected chi connectivity index (χ1v) is 8.12. The molecule has 1 fully saturated rings. The SMILES string of the molecule is Cc1cnc(Nc2ncccn2)nc1NCCCN1CCCC1=O. The molecule has 0 atom stereocenters. The molecule has 1 aliphatic rings. The molecule has 2 aromatic heterocycles. The number of rotatable bonds is 7. The van der Waals surface area contributed by atoms with Crippen molar-refractivity contribution in [1.82, 2.24) is 24.8 Å². The lowest BCUT2D eigenvalue weighted by molar-refractivity contribution is -0.127. The van der Waals surface area contributed by atoms with E-state index in [0.717, 1.165) is 43.9 Å². The Bertz CT molecular complexity index is 692. The third-order valence-corrected chi connectivity index (χ3v) is 3.83. The van der Waals surface area contributed by atoms with Crippen LogP contribution in [0.1, 0.15) is 24.8 Å². The van der Waals surface area contributed by atoms with Crippen LogP contribution in [-0.2, 0) is 4.79 Å². The molecule has 2 N–H and O–H groups in total. The van der Waals surface area contributed by atoms with E-state index < -0.39 is 0 Å². The van der Waals surface area contributed by atoms with E-state index in [4.69, 9.17) is 0 Å². The maximum Gasteiger partial charge on any atom is 0.231 e. The fraction of sp³-hybridized carbons (Fsp3) is 0.438. The second-order valence-electron chi connectivity index (χ2n) is 5.69. The standard InChI is InChI=1S/C16H21N7O/c1-12-11-20-16(22-15-18-6-3-7-19-15)21-14(12)17-8-4-10-23-9-2-5-13(23)24/h3,6-7,11H,2,4-5,8-10H2,1H3,(H2,17,18,19,20,21,22). The monoisotopic (exact) mass is 327 g/mol. The predicted molar refractivity (Wildman–Crippen MR) is 91.0 cm³/mol. The van der Waals surface area contributed by atoms with Crippen LogP contribution in [0.15, 0.2) is 24.7 Å². The van der Waals surface area contributed by atoms with Crippen LogP contribution >= 0.6 is 0 Å². The minimum absolute atomic E-state index is 0.266. The number of carbonyl (C=O) groups is 1. The molecule has 1 saturated heterocycles. The lowest BCUT2D eigenvalue weighted by Crippen LogP contribution is -2.27. The quantitative estimate of drug-likeness (QED) is 0.748. The molecule has 24 heavy (non-hydrogen) atoms. The van der Waals surface area contributed by atoms with Crippen molar-refractivity contribution in [2.24, 2.45) is 0 Å². The lowest BCUT2D eigenvalue weighted by Gasteiger charge is -2.16. The van der Waals surface area contributed by atoms with Gasteiger partial charge in [0, 0.05) is 50.2 Å². The fourth-order valence-electron chi connectivity index (χ4n) is 2.56. The summed E-state index contributed by atoms with van der Waals surface area (Å²) in [6.07, 6.45) is 7.62. The highest BCUT2D eigenvalue weighted by Crippen LogP contribution is 2.15. The van der Waals surface area contributed by atoms with E-state index in [9.17, 15) is 4.79 Å². The third kappa shape index (κ3) is 4.15. The Kier molecular flexibility index (Phi) is 5.15. The summed E-state index contributed by atoms with van der Waals surface area (Å²) in [4.78, 5) is 30.4. The summed E-state index contributed by atoms with van der Waals surface area (Å²) in [6, 6.07) is 1.75. The molecule has 126 valence electrons. The molecular formula is C16H21N7O. The van der Waals surface area contributed by atoms with Gasteiger partial charge in [-0.2, -0.15) is 4.98 Å². The average molecular weight is 327 g/mol. The van der Waals surface area contributed by atoms with Gasteiger partial charge < -0.3 is 10.2 Å². The first-order chi connectivity index (χ1) is 11.7. The molecule has 8 nitrogen and oxygen atoms in total. The van der Waals surface area contributed by atoms with E-state index in [1.807, 2.05) is 11.8 Å². The van der Waals surface area contributed by atoms with Crippen molar-refractivity contribution in [3.8, 4) is 0 Å². The second kappa shape index (κ2) is 7.67. The topological polar surface area (TPSA) is 95.9 Å². The first kappa shape index (κ1) is 16.1.